The fourth-order valence-electron chi connectivity index (χ4n) is 2.99. The molecular weight excluding hydrogens is 348 g/mol. The van der Waals surface area contributed by atoms with E-state index in [-0.39, 0.29) is 0 Å². The van der Waals surface area contributed by atoms with Gasteiger partial charge in [0, 0.05) is 0 Å². The molecular formula is C21H21O3Ti. The molecule has 3 rings (SSSR count). The van der Waals surface area contributed by atoms with Gasteiger partial charge in [-0.25, -0.2) is 0 Å². The van der Waals surface area contributed by atoms with E-state index in [4.69, 9.17) is 14.2 Å². The van der Waals surface area contributed by atoms with Crippen LogP contribution in [0.15, 0.2) is 72.8 Å². The standard InChI is InChI=1S/3C7H7O.Ti/c3*1-8-7-5-3-2-4-6-7;/h3*2-5H,1H3;. The topological polar surface area (TPSA) is 27.7 Å². The monoisotopic (exact) mass is 369 g/mol. The second-order valence-electron chi connectivity index (χ2n) is 5.48. The van der Waals surface area contributed by atoms with Crippen molar-refractivity contribution in [1.29, 1.82) is 0 Å². The van der Waals surface area contributed by atoms with E-state index < -0.39 is 17.9 Å². The van der Waals surface area contributed by atoms with Gasteiger partial charge in [0.1, 0.15) is 0 Å². The van der Waals surface area contributed by atoms with Gasteiger partial charge in [0.25, 0.3) is 0 Å². The normalized spacial score (nSPS) is 10.2. The van der Waals surface area contributed by atoms with Gasteiger partial charge in [-0.15, -0.1) is 0 Å². The Morgan fingerprint density at radius 3 is 1.04 bits per heavy atom. The summed E-state index contributed by atoms with van der Waals surface area (Å²) in [5, 5.41) is 0. The molecule has 0 N–H and O–H groups in total. The Balaban J connectivity index is 2.29. The molecule has 0 atom stereocenters. The van der Waals surface area contributed by atoms with E-state index in [1.165, 1.54) is 11.6 Å². The second-order valence-corrected chi connectivity index (χ2v) is 9.17. The molecule has 127 valence electrons. The van der Waals surface area contributed by atoms with E-state index in [2.05, 4.69) is 36.4 Å². The predicted octanol–water partition coefficient (Wildman–Crippen LogP) is 2.61. The molecule has 0 aliphatic carbocycles. The summed E-state index contributed by atoms with van der Waals surface area (Å²) in [4.78, 5) is 0. The minimum atomic E-state index is -2.21. The molecule has 0 unspecified atom stereocenters. The summed E-state index contributed by atoms with van der Waals surface area (Å²) in [6.45, 7) is 0. The van der Waals surface area contributed by atoms with Gasteiger partial charge in [-0.1, -0.05) is 0 Å². The molecule has 0 fully saturated rings. The molecule has 0 spiro atoms. The van der Waals surface area contributed by atoms with Crippen molar-refractivity contribution in [2.45, 2.75) is 0 Å². The minimum absolute atomic E-state index is 0.911. The van der Waals surface area contributed by atoms with Crippen LogP contribution in [0.25, 0.3) is 0 Å². The molecule has 25 heavy (non-hydrogen) atoms. The van der Waals surface area contributed by atoms with Crippen molar-refractivity contribution in [2.75, 3.05) is 21.3 Å². The molecule has 3 aromatic rings. The third kappa shape index (κ3) is 3.58. The fourth-order valence-corrected chi connectivity index (χ4v) is 7.60. The van der Waals surface area contributed by atoms with Crippen LogP contribution in [-0.2, 0) is 17.9 Å². The van der Waals surface area contributed by atoms with E-state index in [0.29, 0.717) is 0 Å². The van der Waals surface area contributed by atoms with E-state index in [0.717, 1.165) is 17.2 Å². The van der Waals surface area contributed by atoms with Crippen molar-refractivity contribution in [3.05, 3.63) is 72.8 Å². The molecule has 3 nitrogen and oxygen atoms in total. The van der Waals surface area contributed by atoms with Crippen molar-refractivity contribution in [3.8, 4) is 17.2 Å². The Bertz CT molecular complexity index is 735. The molecule has 0 aromatic heterocycles. The summed E-state index contributed by atoms with van der Waals surface area (Å²) in [6.07, 6.45) is 0. The van der Waals surface area contributed by atoms with Crippen LogP contribution in [0, 0.1) is 0 Å². The van der Waals surface area contributed by atoms with Crippen LogP contribution in [0.5, 0.6) is 17.2 Å². The van der Waals surface area contributed by atoms with Crippen LogP contribution in [0.3, 0.4) is 0 Å². The SMILES string of the molecule is COc1cccc[c]1[Ti]([c]1ccccc1OC)[c]1ccccc1OC. The molecule has 3 aromatic carbocycles. The van der Waals surface area contributed by atoms with E-state index in [1.807, 2.05) is 36.4 Å². The van der Waals surface area contributed by atoms with Gasteiger partial charge < -0.3 is 0 Å². The summed E-state index contributed by atoms with van der Waals surface area (Å²) in [5.74, 6) is 2.73. The molecule has 0 saturated carbocycles. The Hall–Kier alpha value is -2.23. The van der Waals surface area contributed by atoms with Crippen LogP contribution in [0.1, 0.15) is 0 Å². The first-order chi connectivity index (χ1) is 12.3. The van der Waals surface area contributed by atoms with Gasteiger partial charge in [0.15, 0.2) is 0 Å². The number of methoxy groups -OCH3 is 3. The zero-order chi connectivity index (χ0) is 17.6. The van der Waals surface area contributed by atoms with Crippen LogP contribution in [0.4, 0.5) is 0 Å². The quantitative estimate of drug-likeness (QED) is 0.626. The van der Waals surface area contributed by atoms with Crippen LogP contribution in [0.2, 0.25) is 0 Å². The number of hydrogen-bond acceptors (Lipinski definition) is 3. The number of para-hydroxylation sites is 3. The Kier molecular flexibility index (Phi) is 5.80. The van der Waals surface area contributed by atoms with E-state index in [9.17, 15) is 0 Å². The third-order valence-electron chi connectivity index (χ3n) is 4.13. The first-order valence-electron chi connectivity index (χ1n) is 8.07. The van der Waals surface area contributed by atoms with E-state index in [1.54, 1.807) is 21.3 Å². The van der Waals surface area contributed by atoms with Crippen molar-refractivity contribution < 1.29 is 32.1 Å². The number of hydrogen-bond donors (Lipinski definition) is 0. The Morgan fingerprint density at radius 1 is 0.480 bits per heavy atom. The Morgan fingerprint density at radius 2 is 0.760 bits per heavy atom. The number of rotatable bonds is 6. The maximum atomic E-state index is 5.68. The maximum absolute atomic E-state index is 5.68. The molecule has 0 aliphatic rings. The Labute approximate surface area is 155 Å². The molecule has 0 amide bonds. The summed E-state index contributed by atoms with van der Waals surface area (Å²) >= 11 is -2.21. The number of benzene rings is 3. The van der Waals surface area contributed by atoms with Crippen LogP contribution in [-0.4, -0.2) is 21.3 Å². The first kappa shape index (κ1) is 17.6. The van der Waals surface area contributed by atoms with Crippen LogP contribution < -0.4 is 25.8 Å². The van der Waals surface area contributed by atoms with Crippen molar-refractivity contribution in [1.82, 2.24) is 0 Å². The van der Waals surface area contributed by atoms with Gasteiger partial charge in [0.05, 0.1) is 0 Å². The van der Waals surface area contributed by atoms with Crippen molar-refractivity contribution >= 4 is 11.6 Å². The fraction of sp³-hybridized carbons (Fsp3) is 0.143. The summed E-state index contributed by atoms with van der Waals surface area (Å²) in [7, 11) is 5.16. The van der Waals surface area contributed by atoms with Gasteiger partial charge in [0.2, 0.25) is 0 Å². The molecule has 0 aliphatic heterocycles. The molecule has 0 radical (unpaired) electrons. The summed E-state index contributed by atoms with van der Waals surface area (Å²) in [6, 6.07) is 24.7. The van der Waals surface area contributed by atoms with Crippen molar-refractivity contribution in [3.63, 3.8) is 0 Å². The van der Waals surface area contributed by atoms with Gasteiger partial charge in [-0.3, -0.25) is 0 Å². The van der Waals surface area contributed by atoms with Crippen LogP contribution >= 0.6 is 0 Å². The molecule has 4 heteroatoms. The van der Waals surface area contributed by atoms with Gasteiger partial charge in [-0.2, -0.15) is 0 Å². The van der Waals surface area contributed by atoms with Crippen molar-refractivity contribution in [2.24, 2.45) is 0 Å². The third-order valence-corrected chi connectivity index (χ3v) is 8.59. The zero-order valence-electron chi connectivity index (χ0n) is 14.7. The zero-order valence-corrected chi connectivity index (χ0v) is 16.2. The second kappa shape index (κ2) is 8.24. The predicted molar refractivity (Wildman–Crippen MR) is 97.9 cm³/mol. The molecule has 0 saturated heterocycles. The first-order valence-corrected chi connectivity index (χ1v) is 10.4. The van der Waals surface area contributed by atoms with E-state index >= 15 is 0 Å². The summed E-state index contributed by atoms with van der Waals surface area (Å²) < 4.78 is 20.7. The summed E-state index contributed by atoms with van der Waals surface area (Å²) in [5.41, 5.74) is 0. The van der Waals surface area contributed by atoms with Gasteiger partial charge in [-0.05, 0) is 0 Å². The molecule has 0 heterocycles. The number of ether oxygens (including phenoxy) is 3. The van der Waals surface area contributed by atoms with Gasteiger partial charge >= 0.3 is 155 Å². The average Bonchev–Trinajstić information content (AvgIpc) is 2.69. The average molecular weight is 369 g/mol. The molecule has 0 bridgehead atoms.